The Labute approximate surface area is 720 Å². The summed E-state index contributed by atoms with van der Waals surface area (Å²) in [5, 5.41) is 2.41. The van der Waals surface area contributed by atoms with Gasteiger partial charge in [0.15, 0.2) is 0 Å². The van der Waals surface area contributed by atoms with Gasteiger partial charge < -0.3 is 14.4 Å². The maximum Gasteiger partial charge on any atom is 0.146 e. The Morgan fingerprint density at radius 1 is 0.238 bits per heavy atom. The van der Waals surface area contributed by atoms with E-state index >= 15 is 0 Å². The van der Waals surface area contributed by atoms with E-state index in [9.17, 15) is 0 Å². The molecule has 0 saturated carbocycles. The standard InChI is InChI=1S/C118H103N4/c1-5-9-38-84(7-3)82-122(83-85(8-4)39-10-6-2)111-80-96(87-60-70-103(71-61-87)120(100-54-34-18-35-55-100)101-56-36-19-37-57-101)64-74-105(111)106-75-65-97(81-112(106)122)95-67-77-110-108(79-95)107-78-94(86-58-68-102(69-59-86)119(98-50-30-16-31-51-98)99-52-32-17-33-53-99)66-76-109(107)121(110)104-72-62-93(63-73-104)118-116(91-46-26-14-27-47-91)114(89-42-22-12-23-43-89)113(88-40-20-11-21-41-88)115(90-44-24-13-25-45-90)117(118)92-48-28-15-29-49-92/h11-37,40-81,84-85H,5-10,38-39,82-83H2,1-4H3/q+1. The molecule has 0 aliphatic carbocycles. The van der Waals surface area contributed by atoms with E-state index in [1.54, 1.807) is 0 Å². The van der Waals surface area contributed by atoms with Crippen LogP contribution in [0.2, 0.25) is 0 Å². The molecule has 0 fully saturated rings. The molecule has 4 nitrogen and oxygen atoms in total. The molecule has 0 N–H and O–H groups in total. The van der Waals surface area contributed by atoms with Gasteiger partial charge >= 0.3 is 0 Å². The van der Waals surface area contributed by atoms with Gasteiger partial charge in [0.25, 0.3) is 0 Å². The SMILES string of the molecule is CCCCC(CC)C[N+]1(CC(CC)CCCC)c2cc(-c3ccc(N(c4ccccc4)c4ccccc4)cc3)ccc2-c2ccc(-c3ccc4c(c3)c3cc(-c5ccc(N(c6ccccc6)c6ccccc6)cc5)ccc3n4-c3ccc(-c4c(-c5ccccc5)c(-c5ccccc5)c(-c5ccccc5)c(-c5ccccc5)c4-c4ccccc4)cc3)cc21. The Bertz CT molecular complexity index is 6410. The lowest BCUT2D eigenvalue weighted by molar-refractivity contribution is 0.250. The molecule has 1 aliphatic rings. The summed E-state index contributed by atoms with van der Waals surface area (Å²) >= 11 is 0. The topological polar surface area (TPSA) is 11.4 Å². The van der Waals surface area contributed by atoms with Gasteiger partial charge in [-0.1, -0.05) is 338 Å². The van der Waals surface area contributed by atoms with Crippen LogP contribution in [0, 0.1) is 11.8 Å². The molecule has 18 aromatic rings. The number of quaternary nitrogens is 1. The van der Waals surface area contributed by atoms with Gasteiger partial charge in [0.2, 0.25) is 0 Å². The monoisotopic (exact) mass is 1580 g/mol. The van der Waals surface area contributed by atoms with Crippen LogP contribution in [0.15, 0.2) is 419 Å². The lowest BCUT2D eigenvalue weighted by Crippen LogP contribution is -2.49. The summed E-state index contributed by atoms with van der Waals surface area (Å²) in [4.78, 5) is 4.71. The van der Waals surface area contributed by atoms with Crippen LogP contribution in [-0.4, -0.2) is 17.7 Å². The predicted octanol–water partition coefficient (Wildman–Crippen LogP) is 33.8. The van der Waals surface area contributed by atoms with Crippen molar-refractivity contribution in [1.82, 2.24) is 9.05 Å². The lowest BCUT2D eigenvalue weighted by Gasteiger charge is -2.40. The third-order valence-corrected chi connectivity index (χ3v) is 25.7. The highest BCUT2D eigenvalue weighted by molar-refractivity contribution is 6.16. The van der Waals surface area contributed by atoms with Crippen LogP contribution in [0.1, 0.15) is 79.1 Å². The third-order valence-electron chi connectivity index (χ3n) is 25.7. The summed E-state index contributed by atoms with van der Waals surface area (Å²) in [6, 6.07) is 156. The molecule has 19 rings (SSSR count). The molecule has 4 heteroatoms. The van der Waals surface area contributed by atoms with Gasteiger partial charge in [-0.25, -0.2) is 0 Å². The number of fused-ring (bicyclic) bond motifs is 6. The molecule has 122 heavy (non-hydrogen) atoms. The second kappa shape index (κ2) is 35.2. The van der Waals surface area contributed by atoms with Crippen LogP contribution >= 0.6 is 0 Å². The van der Waals surface area contributed by atoms with Crippen molar-refractivity contribution in [2.45, 2.75) is 79.1 Å². The van der Waals surface area contributed by atoms with Crippen molar-refractivity contribution in [3.05, 3.63) is 419 Å². The molecule has 1 aliphatic heterocycles. The zero-order chi connectivity index (χ0) is 82.3. The molecule has 0 amide bonds. The number of benzene rings is 17. The quantitative estimate of drug-likeness (QED) is 0.0453. The molecule has 0 bridgehead atoms. The molecule has 0 saturated heterocycles. The molecule has 594 valence electrons. The number of aromatic nitrogens is 1. The van der Waals surface area contributed by atoms with E-state index in [0.717, 1.165) is 126 Å². The molecule has 17 aromatic carbocycles. The van der Waals surface area contributed by atoms with E-state index in [-0.39, 0.29) is 0 Å². The van der Waals surface area contributed by atoms with Crippen molar-refractivity contribution < 1.29 is 0 Å². The van der Waals surface area contributed by atoms with Crippen LogP contribution in [0.3, 0.4) is 0 Å². The van der Waals surface area contributed by atoms with Gasteiger partial charge in [-0.15, -0.1) is 0 Å². The minimum absolute atomic E-state index is 0.537. The smallest absolute Gasteiger partial charge is 0.146 e. The summed E-state index contributed by atoms with van der Waals surface area (Å²) in [6.07, 6.45) is 9.55. The zero-order valence-electron chi connectivity index (χ0n) is 70.4. The summed E-state index contributed by atoms with van der Waals surface area (Å²) in [5.41, 5.74) is 37.1. The van der Waals surface area contributed by atoms with Gasteiger partial charge in [-0.05, 0) is 247 Å². The van der Waals surface area contributed by atoms with Crippen molar-refractivity contribution >= 4 is 67.3 Å². The average molecular weight is 1580 g/mol. The van der Waals surface area contributed by atoms with Gasteiger partial charge in [-0.2, -0.15) is 0 Å². The van der Waals surface area contributed by atoms with Crippen molar-refractivity contribution in [3.63, 3.8) is 0 Å². The number of nitrogens with zero attached hydrogens (tertiary/aromatic N) is 4. The first kappa shape index (κ1) is 78.0. The number of hydrogen-bond donors (Lipinski definition) is 0. The van der Waals surface area contributed by atoms with Crippen LogP contribution in [0.5, 0.6) is 0 Å². The minimum Gasteiger partial charge on any atom is -0.311 e. The fourth-order valence-corrected chi connectivity index (χ4v) is 19.7. The highest BCUT2D eigenvalue weighted by Crippen LogP contribution is 2.59. The Hall–Kier alpha value is -13.9. The Kier molecular flexibility index (Phi) is 22.5. The Balaban J connectivity index is 0.792. The molecular weight excluding hydrogens is 1470 g/mol. The molecule has 2 heterocycles. The number of rotatable bonds is 28. The molecule has 2 atom stereocenters. The second-order valence-corrected chi connectivity index (χ2v) is 33.2. The van der Waals surface area contributed by atoms with Gasteiger partial charge in [-0.3, -0.25) is 4.48 Å². The van der Waals surface area contributed by atoms with Crippen molar-refractivity contribution in [2.24, 2.45) is 11.8 Å². The maximum absolute atomic E-state index is 2.65. The van der Waals surface area contributed by atoms with E-state index in [0.29, 0.717) is 11.8 Å². The molecule has 0 radical (unpaired) electrons. The number of unbranched alkanes of at least 4 members (excludes halogenated alkanes) is 2. The Morgan fingerprint density at radius 3 is 0.787 bits per heavy atom. The maximum atomic E-state index is 2.65. The van der Waals surface area contributed by atoms with Crippen LogP contribution in [-0.2, 0) is 0 Å². The van der Waals surface area contributed by atoms with E-state index in [1.165, 1.54) is 127 Å². The molecule has 2 unspecified atom stereocenters. The first-order valence-electron chi connectivity index (χ1n) is 44.2. The van der Waals surface area contributed by atoms with E-state index in [2.05, 4.69) is 461 Å². The van der Waals surface area contributed by atoms with Crippen LogP contribution in [0.4, 0.5) is 45.5 Å². The molecule has 1 aromatic heterocycles. The summed E-state index contributed by atoms with van der Waals surface area (Å²) in [6.45, 7) is 11.8. The number of anilines is 6. The third kappa shape index (κ3) is 15.2. The first-order valence-corrected chi connectivity index (χ1v) is 44.2. The average Bonchev–Trinajstić information content (AvgIpc) is 0.738. The minimum atomic E-state index is 0.537. The summed E-state index contributed by atoms with van der Waals surface area (Å²) < 4.78 is 3.37. The molecular formula is C118H103N4+. The van der Waals surface area contributed by atoms with Crippen molar-refractivity contribution in [3.8, 4) is 117 Å². The summed E-state index contributed by atoms with van der Waals surface area (Å²) in [7, 11) is 0. The highest BCUT2D eigenvalue weighted by atomic mass is 15.4. The van der Waals surface area contributed by atoms with Gasteiger partial charge in [0, 0.05) is 85.7 Å². The van der Waals surface area contributed by atoms with Gasteiger partial charge in [0.05, 0.1) is 24.1 Å². The fourth-order valence-electron chi connectivity index (χ4n) is 19.7. The number of para-hydroxylation sites is 4. The number of hydrogen-bond acceptors (Lipinski definition) is 2. The second-order valence-electron chi connectivity index (χ2n) is 33.2. The fraction of sp³-hybridized carbons (Fsp3) is 0.136. The van der Waals surface area contributed by atoms with E-state index < -0.39 is 0 Å². The van der Waals surface area contributed by atoms with Crippen LogP contribution in [0.25, 0.3) is 139 Å². The van der Waals surface area contributed by atoms with Gasteiger partial charge in [0.1, 0.15) is 11.4 Å². The van der Waals surface area contributed by atoms with Crippen molar-refractivity contribution in [2.75, 3.05) is 22.9 Å². The zero-order valence-corrected chi connectivity index (χ0v) is 70.4. The van der Waals surface area contributed by atoms with Crippen LogP contribution < -0.4 is 14.3 Å². The lowest BCUT2D eigenvalue weighted by atomic mass is 9.74. The normalized spacial score (nSPS) is 13.4. The predicted molar refractivity (Wildman–Crippen MR) is 522 cm³/mol. The highest BCUT2D eigenvalue weighted by Gasteiger charge is 2.47. The molecule has 0 spiro atoms. The largest absolute Gasteiger partial charge is 0.311 e. The van der Waals surface area contributed by atoms with Crippen molar-refractivity contribution in [1.29, 1.82) is 0 Å². The van der Waals surface area contributed by atoms with E-state index in [1.807, 2.05) is 0 Å². The summed E-state index contributed by atoms with van der Waals surface area (Å²) in [5.74, 6) is 1.07. The van der Waals surface area contributed by atoms with E-state index in [4.69, 9.17) is 0 Å². The first-order chi connectivity index (χ1) is 60.3. The Morgan fingerprint density at radius 2 is 0.484 bits per heavy atom.